The number of amidine groups is 1. The Hall–Kier alpha value is -3.26. The lowest BCUT2D eigenvalue weighted by molar-refractivity contribution is 0.351. The summed E-state index contributed by atoms with van der Waals surface area (Å²) < 4.78 is 31.8. The number of thiazole rings is 1. The summed E-state index contributed by atoms with van der Waals surface area (Å²) in [5, 5.41) is 21.1. The Labute approximate surface area is 176 Å². The van der Waals surface area contributed by atoms with E-state index >= 15 is 0 Å². The van der Waals surface area contributed by atoms with Gasteiger partial charge in [-0.15, -0.1) is 11.3 Å². The number of aliphatic hydroxyl groups is 1. The number of halogens is 2. The third-order valence-corrected chi connectivity index (χ3v) is 5.80. The normalized spacial score (nSPS) is 14.0. The zero-order valence-corrected chi connectivity index (χ0v) is 17.0. The summed E-state index contributed by atoms with van der Waals surface area (Å²) in [6.07, 6.45) is 0.713. The van der Waals surface area contributed by atoms with Crippen LogP contribution in [-0.4, -0.2) is 41.0 Å². The molecule has 0 saturated carbocycles. The van der Waals surface area contributed by atoms with E-state index in [-0.39, 0.29) is 18.1 Å². The Bertz CT molecular complexity index is 1130. The first kappa shape index (κ1) is 20.0. The standard InChI is InChI=1S/C22H19F2N3O2S/c1-29-15-5-2-13(3-6-15)8-9-27-11-19(28)20(21(27)25)22-26-18(12-30-22)14-4-7-16(23)17(24)10-14/h2-7,10,12,25,28H,8-9,11H2,1H3. The predicted molar refractivity (Wildman–Crippen MR) is 113 cm³/mol. The number of rotatable bonds is 6. The van der Waals surface area contributed by atoms with Crippen molar-refractivity contribution in [3.63, 3.8) is 0 Å². The third-order valence-electron chi connectivity index (χ3n) is 4.95. The fraction of sp³-hybridized carbons (Fsp3) is 0.182. The van der Waals surface area contributed by atoms with Gasteiger partial charge >= 0.3 is 0 Å². The van der Waals surface area contributed by atoms with Crippen LogP contribution in [0.1, 0.15) is 10.6 Å². The van der Waals surface area contributed by atoms with Crippen LogP contribution < -0.4 is 4.74 Å². The van der Waals surface area contributed by atoms with Crippen LogP contribution in [0.2, 0.25) is 0 Å². The lowest BCUT2D eigenvalue weighted by atomic mass is 10.1. The molecule has 2 N–H and O–H groups in total. The van der Waals surface area contributed by atoms with E-state index in [0.29, 0.717) is 34.8 Å². The molecule has 1 aromatic heterocycles. The lowest BCUT2D eigenvalue weighted by Gasteiger charge is -2.18. The number of aromatic nitrogens is 1. The van der Waals surface area contributed by atoms with Crippen molar-refractivity contribution in [1.82, 2.24) is 9.88 Å². The van der Waals surface area contributed by atoms with E-state index in [1.165, 1.54) is 17.4 Å². The van der Waals surface area contributed by atoms with Crippen molar-refractivity contribution < 1.29 is 18.6 Å². The van der Waals surface area contributed by atoms with E-state index in [9.17, 15) is 13.9 Å². The minimum atomic E-state index is -0.942. The average molecular weight is 427 g/mol. The maximum atomic E-state index is 13.5. The number of ether oxygens (including phenoxy) is 1. The summed E-state index contributed by atoms with van der Waals surface area (Å²) >= 11 is 1.25. The summed E-state index contributed by atoms with van der Waals surface area (Å²) in [5.74, 6) is -0.787. The Morgan fingerprint density at radius 1 is 1.17 bits per heavy atom. The van der Waals surface area contributed by atoms with Gasteiger partial charge in [0.05, 0.1) is 24.9 Å². The average Bonchev–Trinajstić information content (AvgIpc) is 3.33. The summed E-state index contributed by atoms with van der Waals surface area (Å²) in [5.41, 5.74) is 2.39. The SMILES string of the molecule is COc1ccc(CCN2CC(O)=C(c3nc(-c4ccc(F)c(F)c4)cs3)C2=N)cc1. The Morgan fingerprint density at radius 2 is 1.93 bits per heavy atom. The highest BCUT2D eigenvalue weighted by atomic mass is 32.1. The van der Waals surface area contributed by atoms with Gasteiger partial charge in [-0.25, -0.2) is 13.8 Å². The third kappa shape index (κ3) is 3.91. The topological polar surface area (TPSA) is 69.4 Å². The van der Waals surface area contributed by atoms with Gasteiger partial charge in [0.2, 0.25) is 0 Å². The van der Waals surface area contributed by atoms with E-state index in [0.717, 1.165) is 23.4 Å². The number of hydrogen-bond donors (Lipinski definition) is 2. The molecule has 3 aromatic rings. The summed E-state index contributed by atoms with van der Waals surface area (Å²) in [4.78, 5) is 6.22. The van der Waals surface area contributed by atoms with Crippen LogP contribution in [0.5, 0.6) is 5.75 Å². The molecule has 0 aliphatic carbocycles. The van der Waals surface area contributed by atoms with Gasteiger partial charge in [-0.3, -0.25) is 5.41 Å². The van der Waals surface area contributed by atoms with Crippen LogP contribution >= 0.6 is 11.3 Å². The molecule has 0 amide bonds. The van der Waals surface area contributed by atoms with Crippen molar-refractivity contribution in [3.8, 4) is 17.0 Å². The smallest absolute Gasteiger partial charge is 0.159 e. The molecule has 0 bridgehead atoms. The number of benzene rings is 2. The first-order valence-electron chi connectivity index (χ1n) is 9.26. The molecule has 0 radical (unpaired) electrons. The maximum Gasteiger partial charge on any atom is 0.159 e. The van der Waals surface area contributed by atoms with Gasteiger partial charge in [0.15, 0.2) is 11.6 Å². The highest BCUT2D eigenvalue weighted by Gasteiger charge is 2.30. The van der Waals surface area contributed by atoms with Crippen LogP contribution in [-0.2, 0) is 6.42 Å². The summed E-state index contributed by atoms with van der Waals surface area (Å²) in [6.45, 7) is 0.810. The largest absolute Gasteiger partial charge is 0.510 e. The van der Waals surface area contributed by atoms with Crippen LogP contribution in [0.15, 0.2) is 53.6 Å². The number of methoxy groups -OCH3 is 1. The zero-order valence-electron chi connectivity index (χ0n) is 16.2. The molecule has 2 aromatic carbocycles. The van der Waals surface area contributed by atoms with Crippen molar-refractivity contribution in [2.45, 2.75) is 6.42 Å². The monoisotopic (exact) mass is 427 g/mol. The Balaban J connectivity index is 1.47. The van der Waals surface area contributed by atoms with Crippen molar-refractivity contribution >= 4 is 22.7 Å². The molecule has 4 rings (SSSR count). The van der Waals surface area contributed by atoms with Crippen molar-refractivity contribution in [2.24, 2.45) is 0 Å². The number of nitrogens with one attached hydrogen (secondary N) is 1. The Kier molecular flexibility index (Phi) is 5.50. The second kappa shape index (κ2) is 8.23. The van der Waals surface area contributed by atoms with E-state index in [1.54, 1.807) is 17.4 Å². The van der Waals surface area contributed by atoms with E-state index in [2.05, 4.69) is 4.98 Å². The summed E-state index contributed by atoms with van der Waals surface area (Å²) in [7, 11) is 1.62. The van der Waals surface area contributed by atoms with Gasteiger partial charge in [0.25, 0.3) is 0 Å². The van der Waals surface area contributed by atoms with Crippen molar-refractivity contribution in [2.75, 3.05) is 20.2 Å². The molecular formula is C22H19F2N3O2S. The van der Waals surface area contributed by atoms with Crippen LogP contribution in [0.25, 0.3) is 16.8 Å². The molecule has 8 heteroatoms. The maximum absolute atomic E-state index is 13.5. The molecule has 2 heterocycles. The van der Waals surface area contributed by atoms with Crippen LogP contribution in [0.4, 0.5) is 8.78 Å². The molecule has 1 aliphatic rings. The Morgan fingerprint density at radius 3 is 2.63 bits per heavy atom. The minimum Gasteiger partial charge on any atom is -0.510 e. The first-order valence-corrected chi connectivity index (χ1v) is 10.1. The minimum absolute atomic E-state index is 0.0842. The predicted octanol–water partition coefficient (Wildman–Crippen LogP) is 4.90. The molecule has 0 saturated heterocycles. The van der Waals surface area contributed by atoms with Crippen molar-refractivity contribution in [1.29, 1.82) is 5.41 Å². The zero-order chi connectivity index (χ0) is 21.3. The van der Waals surface area contributed by atoms with Gasteiger partial charge in [-0.1, -0.05) is 12.1 Å². The second-order valence-electron chi connectivity index (χ2n) is 6.86. The van der Waals surface area contributed by atoms with E-state index < -0.39 is 11.6 Å². The lowest BCUT2D eigenvalue weighted by Crippen LogP contribution is -2.28. The van der Waals surface area contributed by atoms with Crippen molar-refractivity contribution in [3.05, 3.63) is 75.8 Å². The fourth-order valence-electron chi connectivity index (χ4n) is 3.28. The molecule has 30 heavy (non-hydrogen) atoms. The molecule has 0 unspecified atom stereocenters. The second-order valence-corrected chi connectivity index (χ2v) is 7.71. The molecule has 154 valence electrons. The summed E-state index contributed by atoms with van der Waals surface area (Å²) in [6, 6.07) is 11.3. The van der Waals surface area contributed by atoms with E-state index in [4.69, 9.17) is 10.1 Å². The fourth-order valence-corrected chi connectivity index (χ4v) is 4.18. The molecule has 5 nitrogen and oxygen atoms in total. The number of nitrogens with zero attached hydrogens (tertiary/aromatic N) is 2. The van der Waals surface area contributed by atoms with Gasteiger partial charge in [-0.2, -0.15) is 0 Å². The molecule has 0 fully saturated rings. The van der Waals surface area contributed by atoms with Gasteiger partial charge < -0.3 is 14.7 Å². The van der Waals surface area contributed by atoms with E-state index in [1.807, 2.05) is 24.3 Å². The van der Waals surface area contributed by atoms with Gasteiger partial charge in [0.1, 0.15) is 22.4 Å². The van der Waals surface area contributed by atoms with Crippen LogP contribution in [0.3, 0.4) is 0 Å². The first-order chi connectivity index (χ1) is 14.5. The quantitative estimate of drug-likeness (QED) is 0.587. The molecule has 1 aliphatic heterocycles. The molecular weight excluding hydrogens is 408 g/mol. The van der Waals surface area contributed by atoms with Crippen LogP contribution in [0, 0.1) is 17.0 Å². The molecule has 0 spiro atoms. The molecule has 0 atom stereocenters. The highest BCUT2D eigenvalue weighted by Crippen LogP contribution is 2.32. The number of hydrogen-bond acceptors (Lipinski definition) is 5. The van der Waals surface area contributed by atoms with Gasteiger partial charge in [-0.05, 0) is 42.3 Å². The number of aliphatic hydroxyl groups excluding tert-OH is 1. The van der Waals surface area contributed by atoms with Gasteiger partial charge in [0, 0.05) is 17.5 Å². The highest BCUT2D eigenvalue weighted by molar-refractivity contribution is 7.11.